The second-order valence-corrected chi connectivity index (χ2v) is 10.5. The molecular weight excluding hydrogens is 502 g/mol. The summed E-state index contributed by atoms with van der Waals surface area (Å²) in [6, 6.07) is 15.3. The van der Waals surface area contributed by atoms with E-state index in [1.54, 1.807) is 17.2 Å². The predicted molar refractivity (Wildman–Crippen MR) is 160 cm³/mol. The summed E-state index contributed by atoms with van der Waals surface area (Å²) in [6.45, 7) is 11.3. The van der Waals surface area contributed by atoms with Gasteiger partial charge in [-0.1, -0.05) is 32.6 Å². The first kappa shape index (κ1) is 26.9. The zero-order valence-electron chi connectivity index (χ0n) is 23.1. The molecule has 5 rings (SSSR count). The average Bonchev–Trinajstić information content (AvgIpc) is 3.36. The number of piperidine rings is 1. The molecule has 1 aliphatic heterocycles. The van der Waals surface area contributed by atoms with E-state index >= 15 is 0 Å². The molecule has 2 amide bonds. The highest BCUT2D eigenvalue weighted by Crippen LogP contribution is 2.31. The van der Waals surface area contributed by atoms with Crippen LogP contribution in [0.15, 0.2) is 67.4 Å². The Bertz CT molecular complexity index is 1560. The molecule has 2 aromatic heterocycles. The lowest BCUT2D eigenvalue weighted by molar-refractivity contribution is -0.127. The van der Waals surface area contributed by atoms with Gasteiger partial charge in [0, 0.05) is 42.3 Å². The van der Waals surface area contributed by atoms with Gasteiger partial charge in [0.2, 0.25) is 5.91 Å². The number of benzene rings is 2. The van der Waals surface area contributed by atoms with Crippen molar-refractivity contribution in [2.24, 2.45) is 0 Å². The molecule has 1 aliphatic rings. The number of anilines is 4. The monoisotopic (exact) mass is 537 g/mol. The summed E-state index contributed by atoms with van der Waals surface area (Å²) < 4.78 is 0. The molecule has 4 N–H and O–H groups in total. The Morgan fingerprint density at radius 2 is 2.00 bits per heavy atom. The minimum absolute atomic E-state index is 0.0578. The summed E-state index contributed by atoms with van der Waals surface area (Å²) in [4.78, 5) is 31.4. The summed E-state index contributed by atoms with van der Waals surface area (Å²) in [5.41, 5.74) is 5.94. The van der Waals surface area contributed by atoms with Gasteiger partial charge in [-0.25, -0.2) is 4.98 Å². The van der Waals surface area contributed by atoms with E-state index in [-0.39, 0.29) is 17.9 Å². The number of carbonyl (C=O) groups excluding carboxylic acids is 2. The standard InChI is InChI=1S/C31H35N7O2/c1-5-27(39)38-15-7-10-24(18-38)34-30-28-26(13-14-32-29(28)36-37-30)33-22-9-6-8-21(17-22)31(40)35-23-11-12-25(19(2)3)20(4)16-23/h5-6,8-9,11-14,16-17,19,24H,1,7,10,15,18H2,2-4H3,(H,35,40)(H3,32,33,34,36,37)/t24-/m1/s1. The van der Waals surface area contributed by atoms with E-state index < -0.39 is 0 Å². The number of amides is 2. The highest BCUT2D eigenvalue weighted by molar-refractivity contribution is 6.05. The minimum atomic E-state index is -0.179. The van der Waals surface area contributed by atoms with Gasteiger partial charge >= 0.3 is 0 Å². The van der Waals surface area contributed by atoms with E-state index in [1.165, 1.54) is 11.6 Å². The number of aryl methyl sites for hydroxylation is 1. The molecular formula is C31H35N7O2. The Labute approximate surface area is 234 Å². The van der Waals surface area contributed by atoms with Crippen molar-refractivity contribution in [3.05, 3.63) is 84.1 Å². The number of hydrogen-bond donors (Lipinski definition) is 4. The lowest BCUT2D eigenvalue weighted by Crippen LogP contribution is -2.44. The van der Waals surface area contributed by atoms with Gasteiger partial charge < -0.3 is 20.9 Å². The molecule has 3 heterocycles. The lowest BCUT2D eigenvalue weighted by atomic mass is 9.97. The fourth-order valence-corrected chi connectivity index (χ4v) is 5.28. The summed E-state index contributed by atoms with van der Waals surface area (Å²) in [7, 11) is 0. The third-order valence-electron chi connectivity index (χ3n) is 7.26. The predicted octanol–water partition coefficient (Wildman–Crippen LogP) is 5.97. The molecule has 40 heavy (non-hydrogen) atoms. The van der Waals surface area contributed by atoms with E-state index in [2.05, 4.69) is 64.5 Å². The highest BCUT2D eigenvalue weighted by Gasteiger charge is 2.24. The molecule has 2 aromatic carbocycles. The van der Waals surface area contributed by atoms with Crippen LogP contribution in [-0.2, 0) is 4.79 Å². The van der Waals surface area contributed by atoms with Crippen LogP contribution in [0.5, 0.6) is 0 Å². The van der Waals surface area contributed by atoms with Crippen LogP contribution in [0.25, 0.3) is 11.0 Å². The third-order valence-corrected chi connectivity index (χ3v) is 7.26. The van der Waals surface area contributed by atoms with Crippen molar-refractivity contribution in [2.45, 2.75) is 45.6 Å². The van der Waals surface area contributed by atoms with Crippen LogP contribution in [0.4, 0.5) is 22.9 Å². The second-order valence-electron chi connectivity index (χ2n) is 10.5. The quantitative estimate of drug-likeness (QED) is 0.206. The molecule has 0 unspecified atom stereocenters. The SMILES string of the molecule is C=CC(=O)N1CCC[C@@H](Nc2n[nH]c3nccc(Nc4cccc(C(=O)Nc5ccc(C(C)C)c(C)c5)c4)c23)C1. The number of aromatic amines is 1. The molecule has 0 aliphatic carbocycles. The van der Waals surface area contributed by atoms with Crippen LogP contribution < -0.4 is 16.0 Å². The van der Waals surface area contributed by atoms with Gasteiger partial charge in [0.1, 0.15) is 0 Å². The Hall–Kier alpha value is -4.66. The van der Waals surface area contributed by atoms with Crippen LogP contribution in [-0.4, -0.2) is 51.0 Å². The Balaban J connectivity index is 1.33. The summed E-state index contributed by atoms with van der Waals surface area (Å²) >= 11 is 0. The van der Waals surface area contributed by atoms with Crippen molar-refractivity contribution in [3.63, 3.8) is 0 Å². The Kier molecular flexibility index (Phi) is 7.82. The van der Waals surface area contributed by atoms with Crippen LogP contribution in [0.3, 0.4) is 0 Å². The molecule has 1 saturated heterocycles. The smallest absolute Gasteiger partial charge is 0.255 e. The van der Waals surface area contributed by atoms with Gasteiger partial charge in [-0.15, -0.1) is 0 Å². The van der Waals surface area contributed by atoms with Crippen molar-refractivity contribution < 1.29 is 9.59 Å². The number of likely N-dealkylation sites (tertiary alicyclic amines) is 1. The third kappa shape index (κ3) is 5.83. The normalized spacial score (nSPS) is 15.2. The Morgan fingerprint density at radius 3 is 2.77 bits per heavy atom. The van der Waals surface area contributed by atoms with Crippen molar-refractivity contribution in [1.82, 2.24) is 20.1 Å². The lowest BCUT2D eigenvalue weighted by Gasteiger charge is -2.32. The summed E-state index contributed by atoms with van der Waals surface area (Å²) in [6.07, 6.45) is 4.89. The number of H-pyrrole nitrogens is 1. The number of carbonyl (C=O) groups is 2. The topological polar surface area (TPSA) is 115 Å². The molecule has 4 aromatic rings. The van der Waals surface area contributed by atoms with Gasteiger partial charge in [-0.05, 0) is 79.3 Å². The largest absolute Gasteiger partial charge is 0.363 e. The van der Waals surface area contributed by atoms with Crippen molar-refractivity contribution >= 4 is 45.7 Å². The molecule has 0 radical (unpaired) electrons. The van der Waals surface area contributed by atoms with Crippen LogP contribution >= 0.6 is 0 Å². The number of fused-ring (bicyclic) bond motifs is 1. The fraction of sp³-hybridized carbons (Fsp3) is 0.290. The zero-order valence-corrected chi connectivity index (χ0v) is 23.1. The van der Waals surface area contributed by atoms with Gasteiger partial charge in [-0.3, -0.25) is 14.7 Å². The number of nitrogens with zero attached hydrogens (tertiary/aromatic N) is 3. The summed E-state index contributed by atoms with van der Waals surface area (Å²) in [5.74, 6) is 0.852. The first-order chi connectivity index (χ1) is 19.3. The van der Waals surface area contributed by atoms with Crippen molar-refractivity contribution in [3.8, 4) is 0 Å². The molecule has 1 fully saturated rings. The first-order valence-corrected chi connectivity index (χ1v) is 13.6. The molecule has 0 saturated carbocycles. The van der Waals surface area contributed by atoms with Gasteiger partial charge in [-0.2, -0.15) is 5.10 Å². The fourth-order valence-electron chi connectivity index (χ4n) is 5.28. The molecule has 9 heteroatoms. The van der Waals surface area contributed by atoms with E-state index in [4.69, 9.17) is 0 Å². The van der Waals surface area contributed by atoms with Crippen LogP contribution in [0.1, 0.15) is 54.1 Å². The van der Waals surface area contributed by atoms with E-state index in [1.807, 2.05) is 36.4 Å². The molecule has 206 valence electrons. The van der Waals surface area contributed by atoms with Crippen LogP contribution in [0.2, 0.25) is 0 Å². The molecule has 1 atom stereocenters. The second kappa shape index (κ2) is 11.6. The van der Waals surface area contributed by atoms with E-state index in [0.717, 1.165) is 47.4 Å². The number of nitrogens with one attached hydrogen (secondary N) is 4. The number of pyridine rings is 1. The maximum atomic E-state index is 13.1. The minimum Gasteiger partial charge on any atom is -0.363 e. The maximum Gasteiger partial charge on any atom is 0.255 e. The number of rotatable bonds is 8. The zero-order chi connectivity index (χ0) is 28.2. The molecule has 9 nitrogen and oxygen atoms in total. The van der Waals surface area contributed by atoms with Crippen molar-refractivity contribution in [2.75, 3.05) is 29.0 Å². The van der Waals surface area contributed by atoms with E-state index in [0.29, 0.717) is 29.5 Å². The van der Waals surface area contributed by atoms with E-state index in [9.17, 15) is 9.59 Å². The number of aromatic nitrogens is 3. The highest BCUT2D eigenvalue weighted by atomic mass is 16.2. The Morgan fingerprint density at radius 1 is 1.15 bits per heavy atom. The molecule has 0 spiro atoms. The van der Waals surface area contributed by atoms with Gasteiger partial charge in [0.05, 0.1) is 11.1 Å². The summed E-state index contributed by atoms with van der Waals surface area (Å²) in [5, 5.41) is 18.2. The first-order valence-electron chi connectivity index (χ1n) is 13.6. The number of hydrogen-bond acceptors (Lipinski definition) is 6. The van der Waals surface area contributed by atoms with Gasteiger partial charge in [0.25, 0.3) is 5.91 Å². The molecule has 0 bridgehead atoms. The van der Waals surface area contributed by atoms with Crippen molar-refractivity contribution in [1.29, 1.82) is 0 Å². The van der Waals surface area contributed by atoms with Crippen LogP contribution in [0, 0.1) is 6.92 Å². The average molecular weight is 538 g/mol. The van der Waals surface area contributed by atoms with Gasteiger partial charge in [0.15, 0.2) is 11.5 Å². The maximum absolute atomic E-state index is 13.1.